The second-order valence-electron chi connectivity index (χ2n) is 2.72. The Balaban J connectivity index is 0. The van der Waals surface area contributed by atoms with Crippen LogP contribution in [-0.2, 0) is 19.5 Å². The molecule has 0 aromatic heterocycles. The van der Waals surface area contributed by atoms with Crippen LogP contribution in [0.4, 0.5) is 0 Å². The van der Waals surface area contributed by atoms with Crippen LogP contribution in [0.1, 0.15) is 13.8 Å². The third-order valence-corrected chi connectivity index (χ3v) is 1.40. The van der Waals surface area contributed by atoms with Crippen LogP contribution in [0.25, 0.3) is 0 Å². The molecule has 1 aromatic rings. The molecule has 0 saturated carbocycles. The fourth-order valence-corrected chi connectivity index (χ4v) is 0.385. The van der Waals surface area contributed by atoms with Gasteiger partial charge in [-0.05, 0) is 13.8 Å². The molecule has 0 fully saturated rings. The minimum Gasteiger partial charge on any atom is -0.0959 e. The molecule has 0 radical (unpaired) electrons. The molecular formula is C12H16Ru. The first-order chi connectivity index (χ1) is 5.64. The van der Waals surface area contributed by atoms with Crippen molar-refractivity contribution in [2.75, 3.05) is 0 Å². The molecule has 13 heavy (non-hydrogen) atoms. The number of allylic oxidation sites excluding steroid dienone is 2. The topological polar surface area (TPSA) is 0 Å². The maximum atomic E-state index is 3.66. The van der Waals surface area contributed by atoms with Gasteiger partial charge in [0.05, 0.1) is 0 Å². The smallest absolute Gasteiger partial charge is 0 e. The standard InChI is InChI=1S/C6H6.C6H10.Ru/c1-2-4-6-5-3-1;1-5(2)6(3)4;/h1-6H;1,3H2,2,4H3;. The Hall–Kier alpha value is -0.677. The number of benzene rings is 1. The molecule has 0 aliphatic heterocycles. The summed E-state index contributed by atoms with van der Waals surface area (Å²) in [5, 5.41) is 0. The molecule has 0 atom stereocenters. The third kappa shape index (κ3) is 11.3. The summed E-state index contributed by atoms with van der Waals surface area (Å²) in [5.74, 6) is 0. The van der Waals surface area contributed by atoms with E-state index in [0.717, 1.165) is 11.1 Å². The van der Waals surface area contributed by atoms with Crippen molar-refractivity contribution in [2.24, 2.45) is 0 Å². The second kappa shape index (κ2) is 9.41. The minimum absolute atomic E-state index is 0. The maximum Gasteiger partial charge on any atom is 0 e. The van der Waals surface area contributed by atoms with Crippen molar-refractivity contribution in [3.63, 3.8) is 0 Å². The zero-order valence-corrected chi connectivity index (χ0v) is 9.97. The molecule has 1 aromatic carbocycles. The monoisotopic (exact) mass is 262 g/mol. The van der Waals surface area contributed by atoms with Crippen LogP contribution in [0, 0.1) is 0 Å². The van der Waals surface area contributed by atoms with Crippen LogP contribution < -0.4 is 0 Å². The summed E-state index contributed by atoms with van der Waals surface area (Å²) in [6.07, 6.45) is 0. The van der Waals surface area contributed by atoms with Crippen molar-refractivity contribution in [2.45, 2.75) is 13.8 Å². The molecule has 1 rings (SSSR count). The molecule has 0 nitrogen and oxygen atoms in total. The third-order valence-electron chi connectivity index (χ3n) is 1.40. The second-order valence-corrected chi connectivity index (χ2v) is 2.72. The molecular weight excluding hydrogens is 245 g/mol. The molecule has 0 unspecified atom stereocenters. The number of rotatable bonds is 1. The van der Waals surface area contributed by atoms with Crippen LogP contribution in [0.2, 0.25) is 0 Å². The van der Waals surface area contributed by atoms with Gasteiger partial charge >= 0.3 is 0 Å². The summed E-state index contributed by atoms with van der Waals surface area (Å²) in [6, 6.07) is 12.0. The zero-order valence-electron chi connectivity index (χ0n) is 8.23. The van der Waals surface area contributed by atoms with E-state index in [9.17, 15) is 0 Å². The SMILES string of the molecule is C=C(C)C(=C)C.[Ru].c1ccccc1. The molecule has 0 saturated heterocycles. The molecule has 0 aliphatic rings. The number of hydrogen-bond acceptors (Lipinski definition) is 0. The van der Waals surface area contributed by atoms with Gasteiger partial charge in [0.1, 0.15) is 0 Å². The van der Waals surface area contributed by atoms with Crippen molar-refractivity contribution in [3.05, 3.63) is 60.7 Å². The predicted molar refractivity (Wildman–Crippen MR) is 56.1 cm³/mol. The van der Waals surface area contributed by atoms with Gasteiger partial charge in [-0.15, -0.1) is 0 Å². The van der Waals surface area contributed by atoms with Gasteiger partial charge in [-0.2, -0.15) is 0 Å². The van der Waals surface area contributed by atoms with Gasteiger partial charge in [0.15, 0.2) is 0 Å². The van der Waals surface area contributed by atoms with Gasteiger partial charge in [-0.25, -0.2) is 0 Å². The van der Waals surface area contributed by atoms with E-state index < -0.39 is 0 Å². The minimum atomic E-state index is 0. The molecule has 0 spiro atoms. The summed E-state index contributed by atoms with van der Waals surface area (Å²) < 4.78 is 0. The van der Waals surface area contributed by atoms with Crippen LogP contribution in [0.3, 0.4) is 0 Å². The Morgan fingerprint density at radius 2 is 0.846 bits per heavy atom. The summed E-state index contributed by atoms with van der Waals surface area (Å²) in [6.45, 7) is 11.2. The molecule has 0 bridgehead atoms. The Bertz CT molecular complexity index is 198. The van der Waals surface area contributed by atoms with E-state index in [1.54, 1.807) is 0 Å². The molecule has 0 heterocycles. The molecule has 0 amide bonds. The quantitative estimate of drug-likeness (QED) is 0.532. The van der Waals surface area contributed by atoms with Crippen molar-refractivity contribution in [1.82, 2.24) is 0 Å². The first-order valence-electron chi connectivity index (χ1n) is 3.96. The summed E-state index contributed by atoms with van der Waals surface area (Å²) in [4.78, 5) is 0. The van der Waals surface area contributed by atoms with Crippen molar-refractivity contribution >= 4 is 0 Å². The Morgan fingerprint density at radius 3 is 0.923 bits per heavy atom. The van der Waals surface area contributed by atoms with Gasteiger partial charge in [-0.3, -0.25) is 0 Å². The van der Waals surface area contributed by atoms with Gasteiger partial charge in [0.25, 0.3) is 0 Å². The van der Waals surface area contributed by atoms with Crippen molar-refractivity contribution in [3.8, 4) is 0 Å². The fourth-order valence-electron chi connectivity index (χ4n) is 0.385. The van der Waals surface area contributed by atoms with Gasteiger partial charge < -0.3 is 0 Å². The Morgan fingerprint density at radius 1 is 0.692 bits per heavy atom. The van der Waals surface area contributed by atoms with E-state index in [4.69, 9.17) is 0 Å². The predicted octanol–water partition coefficient (Wildman–Crippen LogP) is 3.82. The van der Waals surface area contributed by atoms with Gasteiger partial charge in [0.2, 0.25) is 0 Å². The van der Waals surface area contributed by atoms with E-state index in [-0.39, 0.29) is 19.5 Å². The summed E-state index contributed by atoms with van der Waals surface area (Å²) >= 11 is 0. The van der Waals surface area contributed by atoms with E-state index in [2.05, 4.69) is 13.2 Å². The van der Waals surface area contributed by atoms with Crippen molar-refractivity contribution < 1.29 is 19.5 Å². The van der Waals surface area contributed by atoms with Gasteiger partial charge in [-0.1, -0.05) is 60.7 Å². The first-order valence-corrected chi connectivity index (χ1v) is 3.96. The summed E-state index contributed by atoms with van der Waals surface area (Å²) in [5.41, 5.74) is 2.13. The average Bonchev–Trinajstić information content (AvgIpc) is 2.08. The van der Waals surface area contributed by atoms with E-state index in [1.165, 1.54) is 0 Å². The van der Waals surface area contributed by atoms with Crippen molar-refractivity contribution in [1.29, 1.82) is 0 Å². The molecule has 72 valence electrons. The van der Waals surface area contributed by atoms with Crippen LogP contribution >= 0.6 is 0 Å². The number of hydrogen-bond donors (Lipinski definition) is 0. The molecule has 1 heteroatoms. The normalized spacial score (nSPS) is 7.23. The summed E-state index contributed by atoms with van der Waals surface area (Å²) in [7, 11) is 0. The maximum absolute atomic E-state index is 3.66. The van der Waals surface area contributed by atoms with E-state index in [1.807, 2.05) is 50.2 Å². The zero-order chi connectivity index (χ0) is 9.40. The first kappa shape index (κ1) is 14.8. The van der Waals surface area contributed by atoms with Crippen LogP contribution in [-0.4, -0.2) is 0 Å². The Labute approximate surface area is 94.1 Å². The van der Waals surface area contributed by atoms with Crippen LogP contribution in [0.5, 0.6) is 0 Å². The Kier molecular flexibility index (Phi) is 10.7. The van der Waals surface area contributed by atoms with E-state index in [0.29, 0.717) is 0 Å². The molecule has 0 N–H and O–H groups in total. The average molecular weight is 261 g/mol. The largest absolute Gasteiger partial charge is 0.0959 e. The fraction of sp³-hybridized carbons (Fsp3) is 0.167. The van der Waals surface area contributed by atoms with E-state index >= 15 is 0 Å². The molecule has 0 aliphatic carbocycles. The van der Waals surface area contributed by atoms with Gasteiger partial charge in [0, 0.05) is 19.5 Å². The van der Waals surface area contributed by atoms with Crippen LogP contribution in [0.15, 0.2) is 60.7 Å².